The molecule has 1 aromatic carbocycles. The molecule has 0 fully saturated rings. The number of hydrogen-bond donors (Lipinski definition) is 2. The van der Waals surface area contributed by atoms with Crippen LogP contribution in [0.4, 0.5) is 4.39 Å². The Bertz CT molecular complexity index is 285. The number of benzene rings is 1. The predicted molar refractivity (Wildman–Crippen MR) is 75.8 cm³/mol. The molecule has 5 heteroatoms. The largest absolute Gasteiger partial charge is 0.317 e. The Labute approximate surface area is 115 Å². The van der Waals surface area contributed by atoms with Crippen LogP contribution in [-0.2, 0) is 6.54 Å². The molecule has 0 aliphatic carbocycles. The minimum absolute atomic E-state index is 0. The van der Waals surface area contributed by atoms with Crippen molar-refractivity contribution in [1.82, 2.24) is 10.6 Å². The van der Waals surface area contributed by atoms with Gasteiger partial charge in [-0.1, -0.05) is 25.1 Å². The Morgan fingerprint density at radius 2 is 1.71 bits per heavy atom. The molecule has 2 N–H and O–H groups in total. The zero-order valence-corrected chi connectivity index (χ0v) is 11.7. The van der Waals surface area contributed by atoms with Gasteiger partial charge in [-0.2, -0.15) is 0 Å². The molecule has 0 saturated carbocycles. The topological polar surface area (TPSA) is 24.1 Å². The molecule has 0 spiro atoms. The summed E-state index contributed by atoms with van der Waals surface area (Å²) in [5, 5.41) is 6.47. The summed E-state index contributed by atoms with van der Waals surface area (Å²) >= 11 is 0. The van der Waals surface area contributed by atoms with Crippen molar-refractivity contribution in [2.45, 2.75) is 19.9 Å². The fourth-order valence-corrected chi connectivity index (χ4v) is 1.38. The molecule has 0 aliphatic rings. The highest BCUT2D eigenvalue weighted by molar-refractivity contribution is 5.85. The molecule has 100 valence electrons. The first kappa shape index (κ1) is 19.0. The third-order valence-corrected chi connectivity index (χ3v) is 2.23. The molecule has 0 atom stereocenters. The molecule has 0 heterocycles. The molecule has 0 amide bonds. The molecule has 17 heavy (non-hydrogen) atoms. The van der Waals surface area contributed by atoms with Crippen LogP contribution < -0.4 is 10.6 Å². The minimum Gasteiger partial charge on any atom is -0.317 e. The average molecular weight is 283 g/mol. The van der Waals surface area contributed by atoms with Crippen molar-refractivity contribution in [3.05, 3.63) is 35.6 Å². The van der Waals surface area contributed by atoms with Crippen LogP contribution in [0.25, 0.3) is 0 Å². The lowest BCUT2D eigenvalue weighted by atomic mass is 10.2. The van der Waals surface area contributed by atoms with Gasteiger partial charge in [0.1, 0.15) is 5.82 Å². The van der Waals surface area contributed by atoms with E-state index in [0.717, 1.165) is 31.6 Å². The van der Waals surface area contributed by atoms with Crippen LogP contribution in [0.2, 0.25) is 0 Å². The van der Waals surface area contributed by atoms with E-state index >= 15 is 0 Å². The molecular weight excluding hydrogens is 262 g/mol. The molecule has 0 radical (unpaired) electrons. The Kier molecular flexibility index (Phi) is 13.5. The van der Waals surface area contributed by atoms with Crippen molar-refractivity contribution in [3.8, 4) is 0 Å². The van der Waals surface area contributed by atoms with Crippen molar-refractivity contribution < 1.29 is 4.39 Å². The Hall–Kier alpha value is -0.350. The molecule has 0 bridgehead atoms. The number of hydrogen-bond acceptors (Lipinski definition) is 2. The van der Waals surface area contributed by atoms with Gasteiger partial charge < -0.3 is 10.6 Å². The van der Waals surface area contributed by atoms with Crippen molar-refractivity contribution in [2.75, 3.05) is 19.6 Å². The average Bonchev–Trinajstić information content (AvgIpc) is 2.25. The molecule has 0 aromatic heterocycles. The van der Waals surface area contributed by atoms with Gasteiger partial charge in [0.2, 0.25) is 0 Å². The molecule has 0 saturated heterocycles. The highest BCUT2D eigenvalue weighted by atomic mass is 35.5. The summed E-state index contributed by atoms with van der Waals surface area (Å²) in [6, 6.07) is 6.88. The van der Waals surface area contributed by atoms with E-state index in [4.69, 9.17) is 0 Å². The Balaban J connectivity index is 0. The molecule has 1 rings (SSSR count). The summed E-state index contributed by atoms with van der Waals surface area (Å²) in [5.41, 5.74) is 0.737. The Morgan fingerprint density at radius 1 is 1.06 bits per heavy atom. The lowest BCUT2D eigenvalue weighted by molar-refractivity contribution is 0.571. The summed E-state index contributed by atoms with van der Waals surface area (Å²) < 4.78 is 13.2. The molecule has 1 aromatic rings. The van der Waals surface area contributed by atoms with Gasteiger partial charge in [-0.25, -0.2) is 4.39 Å². The SMILES string of the molecule is CCNCCCNCc1ccccc1F.Cl.Cl. The molecular formula is C12H21Cl2FN2. The van der Waals surface area contributed by atoms with Crippen LogP contribution in [-0.4, -0.2) is 19.6 Å². The van der Waals surface area contributed by atoms with E-state index in [1.807, 2.05) is 12.1 Å². The van der Waals surface area contributed by atoms with E-state index in [1.54, 1.807) is 6.07 Å². The van der Waals surface area contributed by atoms with E-state index < -0.39 is 0 Å². The normalized spacial score (nSPS) is 9.29. The van der Waals surface area contributed by atoms with Crippen LogP contribution >= 0.6 is 24.8 Å². The Morgan fingerprint density at radius 3 is 2.35 bits per heavy atom. The third-order valence-electron chi connectivity index (χ3n) is 2.23. The van der Waals surface area contributed by atoms with Gasteiger partial charge in [0.15, 0.2) is 0 Å². The van der Waals surface area contributed by atoms with Crippen molar-refractivity contribution in [1.29, 1.82) is 0 Å². The predicted octanol–water partition coefficient (Wildman–Crippen LogP) is 2.76. The second kappa shape index (κ2) is 12.1. The fraction of sp³-hybridized carbons (Fsp3) is 0.500. The summed E-state index contributed by atoms with van der Waals surface area (Å²) in [5.74, 6) is -0.128. The highest BCUT2D eigenvalue weighted by Gasteiger charge is 1.98. The van der Waals surface area contributed by atoms with Crippen molar-refractivity contribution in [3.63, 3.8) is 0 Å². The molecule has 0 aliphatic heterocycles. The van der Waals surface area contributed by atoms with Gasteiger partial charge in [0.05, 0.1) is 0 Å². The summed E-state index contributed by atoms with van der Waals surface area (Å²) in [6.45, 7) is 5.64. The quantitative estimate of drug-likeness (QED) is 0.752. The monoisotopic (exact) mass is 282 g/mol. The molecule has 0 unspecified atom stereocenters. The summed E-state index contributed by atoms with van der Waals surface area (Å²) in [7, 11) is 0. The van der Waals surface area contributed by atoms with Crippen LogP contribution in [0, 0.1) is 5.82 Å². The van der Waals surface area contributed by atoms with Gasteiger partial charge in [-0.3, -0.25) is 0 Å². The lowest BCUT2D eigenvalue weighted by Crippen LogP contribution is -2.21. The van der Waals surface area contributed by atoms with Crippen molar-refractivity contribution >= 4 is 24.8 Å². The van der Waals surface area contributed by atoms with Crippen LogP contribution in [0.5, 0.6) is 0 Å². The number of halogens is 3. The minimum atomic E-state index is -0.128. The summed E-state index contributed by atoms with van der Waals surface area (Å²) in [4.78, 5) is 0. The van der Waals surface area contributed by atoms with E-state index in [1.165, 1.54) is 6.07 Å². The van der Waals surface area contributed by atoms with Gasteiger partial charge in [-0.05, 0) is 32.1 Å². The second-order valence-corrected chi connectivity index (χ2v) is 3.48. The lowest BCUT2D eigenvalue weighted by Gasteiger charge is -2.05. The second-order valence-electron chi connectivity index (χ2n) is 3.48. The first-order chi connectivity index (χ1) is 7.34. The smallest absolute Gasteiger partial charge is 0.127 e. The maximum atomic E-state index is 13.2. The summed E-state index contributed by atoms with van der Waals surface area (Å²) in [6.07, 6.45) is 1.07. The standard InChI is InChI=1S/C12H19FN2.2ClH/c1-2-14-8-5-9-15-10-11-6-3-4-7-12(11)13;;/h3-4,6-7,14-15H,2,5,8-10H2,1H3;2*1H. The number of nitrogens with one attached hydrogen (secondary N) is 2. The maximum absolute atomic E-state index is 13.2. The van der Waals surface area contributed by atoms with E-state index in [2.05, 4.69) is 17.6 Å². The third kappa shape index (κ3) is 8.38. The van der Waals surface area contributed by atoms with Gasteiger partial charge in [0, 0.05) is 12.1 Å². The van der Waals surface area contributed by atoms with Gasteiger partial charge in [0.25, 0.3) is 0 Å². The van der Waals surface area contributed by atoms with Gasteiger partial charge in [-0.15, -0.1) is 24.8 Å². The number of rotatable bonds is 7. The van der Waals surface area contributed by atoms with Crippen LogP contribution in [0.3, 0.4) is 0 Å². The van der Waals surface area contributed by atoms with Crippen LogP contribution in [0.15, 0.2) is 24.3 Å². The molecule has 2 nitrogen and oxygen atoms in total. The van der Waals surface area contributed by atoms with Crippen molar-refractivity contribution in [2.24, 2.45) is 0 Å². The highest BCUT2D eigenvalue weighted by Crippen LogP contribution is 2.05. The van der Waals surface area contributed by atoms with E-state index in [9.17, 15) is 4.39 Å². The van der Waals surface area contributed by atoms with E-state index in [-0.39, 0.29) is 30.6 Å². The van der Waals surface area contributed by atoms with E-state index in [0.29, 0.717) is 6.54 Å². The maximum Gasteiger partial charge on any atom is 0.127 e. The zero-order chi connectivity index (χ0) is 10.9. The first-order valence-corrected chi connectivity index (χ1v) is 5.49. The fourth-order valence-electron chi connectivity index (χ4n) is 1.38. The van der Waals surface area contributed by atoms with Crippen LogP contribution in [0.1, 0.15) is 18.9 Å². The first-order valence-electron chi connectivity index (χ1n) is 5.49. The zero-order valence-electron chi connectivity index (χ0n) is 10.0. The van der Waals surface area contributed by atoms with Gasteiger partial charge >= 0.3 is 0 Å².